The Balaban J connectivity index is 1.12. The maximum absolute atomic E-state index is 12.7. The Morgan fingerprint density at radius 3 is 2.74 bits per heavy atom. The van der Waals surface area contributed by atoms with Crippen molar-refractivity contribution in [1.29, 1.82) is 0 Å². The molecule has 1 aromatic carbocycles. The highest BCUT2D eigenvalue weighted by molar-refractivity contribution is 5.88. The van der Waals surface area contributed by atoms with Crippen LogP contribution in [0.4, 0.5) is 5.82 Å². The highest BCUT2D eigenvalue weighted by atomic mass is 16.3. The zero-order chi connectivity index (χ0) is 21.2. The molecule has 2 aromatic heterocycles. The van der Waals surface area contributed by atoms with Crippen LogP contribution in [0.3, 0.4) is 0 Å². The van der Waals surface area contributed by atoms with Crippen LogP contribution in [0.1, 0.15) is 30.0 Å². The molecule has 31 heavy (non-hydrogen) atoms. The smallest absolute Gasteiger partial charge is 0.224 e. The summed E-state index contributed by atoms with van der Waals surface area (Å²) in [6.07, 6.45) is 7.44. The van der Waals surface area contributed by atoms with Gasteiger partial charge in [0.25, 0.3) is 0 Å². The van der Waals surface area contributed by atoms with Crippen LogP contribution >= 0.6 is 0 Å². The first kappa shape index (κ1) is 20.1. The lowest BCUT2D eigenvalue weighted by Crippen LogP contribution is -2.51. The molecule has 1 aliphatic carbocycles. The number of pyridine rings is 1. The number of nitrogens with zero attached hydrogens (tertiary/aromatic N) is 3. The number of benzene rings is 1. The van der Waals surface area contributed by atoms with Crippen LogP contribution in [0, 0.1) is 0 Å². The molecule has 0 spiro atoms. The summed E-state index contributed by atoms with van der Waals surface area (Å²) >= 11 is 0. The molecule has 5 rings (SSSR count). The summed E-state index contributed by atoms with van der Waals surface area (Å²) in [6, 6.07) is 10.5. The lowest BCUT2D eigenvalue weighted by molar-refractivity contribution is -0.121. The van der Waals surface area contributed by atoms with Gasteiger partial charge in [-0.3, -0.25) is 9.69 Å². The maximum Gasteiger partial charge on any atom is 0.224 e. The molecule has 162 valence electrons. The number of fused-ring (bicyclic) bond motifs is 2. The number of furan rings is 1. The average molecular weight is 419 g/mol. The second kappa shape index (κ2) is 8.71. The first-order valence-corrected chi connectivity index (χ1v) is 11.4. The van der Waals surface area contributed by atoms with E-state index in [0.29, 0.717) is 6.42 Å². The predicted molar refractivity (Wildman–Crippen MR) is 122 cm³/mol. The molecule has 0 bridgehead atoms. The van der Waals surface area contributed by atoms with Gasteiger partial charge in [-0.25, -0.2) is 4.98 Å². The predicted octanol–water partition coefficient (Wildman–Crippen LogP) is 3.19. The summed E-state index contributed by atoms with van der Waals surface area (Å²) in [6.45, 7) is 6.83. The minimum absolute atomic E-state index is 0.0582. The zero-order valence-electron chi connectivity index (χ0n) is 18.1. The normalized spacial score (nSPS) is 17.6. The molecular formula is C25H30N4O2. The van der Waals surface area contributed by atoms with Crippen molar-refractivity contribution < 1.29 is 9.21 Å². The van der Waals surface area contributed by atoms with Crippen molar-refractivity contribution in [3.63, 3.8) is 0 Å². The number of carbonyl (C=O) groups is 1. The first-order valence-electron chi connectivity index (χ1n) is 11.4. The molecule has 3 aromatic rings. The van der Waals surface area contributed by atoms with Crippen molar-refractivity contribution in [2.75, 3.05) is 37.6 Å². The molecule has 1 aliphatic heterocycles. The number of rotatable bonds is 6. The monoisotopic (exact) mass is 418 g/mol. The van der Waals surface area contributed by atoms with E-state index in [1.807, 2.05) is 18.3 Å². The van der Waals surface area contributed by atoms with Crippen molar-refractivity contribution in [1.82, 2.24) is 15.2 Å². The zero-order valence-corrected chi connectivity index (χ0v) is 18.1. The molecule has 1 atom stereocenters. The van der Waals surface area contributed by atoms with Gasteiger partial charge in [-0.15, -0.1) is 0 Å². The van der Waals surface area contributed by atoms with Gasteiger partial charge in [-0.05, 0) is 61.6 Å². The van der Waals surface area contributed by atoms with Crippen molar-refractivity contribution in [2.24, 2.45) is 0 Å². The van der Waals surface area contributed by atoms with E-state index in [-0.39, 0.29) is 11.9 Å². The molecule has 6 heteroatoms. The molecule has 1 fully saturated rings. The molecule has 1 unspecified atom stereocenters. The van der Waals surface area contributed by atoms with Crippen LogP contribution in [0.5, 0.6) is 0 Å². The van der Waals surface area contributed by atoms with Crippen molar-refractivity contribution in [2.45, 2.75) is 38.6 Å². The fourth-order valence-electron chi connectivity index (χ4n) is 4.92. The number of amides is 1. The second-order valence-electron chi connectivity index (χ2n) is 8.85. The number of hydrogen-bond donors (Lipinski definition) is 1. The molecule has 1 saturated heterocycles. The van der Waals surface area contributed by atoms with Crippen LogP contribution in [0.25, 0.3) is 11.0 Å². The van der Waals surface area contributed by atoms with Gasteiger partial charge >= 0.3 is 0 Å². The Bertz CT molecular complexity index is 1050. The van der Waals surface area contributed by atoms with Gasteiger partial charge in [0.15, 0.2) is 0 Å². The van der Waals surface area contributed by atoms with Crippen LogP contribution in [-0.2, 0) is 24.1 Å². The Hall–Kier alpha value is -2.86. The number of anilines is 1. The van der Waals surface area contributed by atoms with E-state index in [9.17, 15) is 4.79 Å². The summed E-state index contributed by atoms with van der Waals surface area (Å²) in [5.41, 5.74) is 4.70. The topological polar surface area (TPSA) is 61.6 Å². The van der Waals surface area contributed by atoms with Crippen molar-refractivity contribution in [3.05, 3.63) is 59.5 Å². The van der Waals surface area contributed by atoms with Gasteiger partial charge in [0.1, 0.15) is 11.4 Å². The molecule has 1 N–H and O–H groups in total. The minimum atomic E-state index is 0.0582. The van der Waals surface area contributed by atoms with Crippen LogP contribution in [0.2, 0.25) is 0 Å². The highest BCUT2D eigenvalue weighted by Gasteiger charge is 2.21. The molecule has 0 radical (unpaired) electrons. The molecule has 0 saturated carbocycles. The van der Waals surface area contributed by atoms with E-state index in [1.54, 1.807) is 6.26 Å². The third-order valence-electron chi connectivity index (χ3n) is 6.50. The van der Waals surface area contributed by atoms with E-state index >= 15 is 0 Å². The summed E-state index contributed by atoms with van der Waals surface area (Å²) in [5, 5.41) is 4.27. The van der Waals surface area contributed by atoms with Crippen LogP contribution < -0.4 is 10.2 Å². The van der Waals surface area contributed by atoms with Gasteiger partial charge in [-0.2, -0.15) is 0 Å². The molecule has 6 nitrogen and oxygen atoms in total. The Morgan fingerprint density at radius 1 is 1.16 bits per heavy atom. The van der Waals surface area contributed by atoms with Gasteiger partial charge in [0.05, 0.1) is 12.7 Å². The first-order chi connectivity index (χ1) is 15.2. The molecule has 3 heterocycles. The Labute approximate surface area is 183 Å². The summed E-state index contributed by atoms with van der Waals surface area (Å²) in [5.74, 6) is 1.10. The average Bonchev–Trinajstić information content (AvgIpc) is 3.39. The number of aromatic nitrogens is 1. The summed E-state index contributed by atoms with van der Waals surface area (Å²) < 4.78 is 5.75. The van der Waals surface area contributed by atoms with E-state index in [0.717, 1.165) is 67.9 Å². The van der Waals surface area contributed by atoms with Gasteiger partial charge in [0.2, 0.25) is 5.91 Å². The Morgan fingerprint density at radius 2 is 1.97 bits per heavy atom. The van der Waals surface area contributed by atoms with Crippen molar-refractivity contribution in [3.8, 4) is 0 Å². The summed E-state index contributed by atoms with van der Waals surface area (Å²) in [7, 11) is 0. The van der Waals surface area contributed by atoms with E-state index in [4.69, 9.17) is 4.42 Å². The number of carbonyl (C=O) groups excluding carboxylic acids is 1. The minimum Gasteiger partial charge on any atom is -0.464 e. The van der Waals surface area contributed by atoms with Gasteiger partial charge in [0, 0.05) is 55.9 Å². The Kier molecular flexibility index (Phi) is 5.64. The molecule has 1 amide bonds. The SMILES string of the molecule is CC(CN1CCN(c2ccccn2)CC1)NC(=O)Cc1coc2cc3c(cc12)CCC3. The van der Waals surface area contributed by atoms with Crippen molar-refractivity contribution >= 4 is 22.7 Å². The summed E-state index contributed by atoms with van der Waals surface area (Å²) in [4.78, 5) is 21.9. The third kappa shape index (κ3) is 4.44. The fraction of sp³-hybridized carbons (Fsp3) is 0.440. The number of aryl methyl sites for hydroxylation is 2. The second-order valence-corrected chi connectivity index (χ2v) is 8.85. The quantitative estimate of drug-likeness (QED) is 0.666. The number of hydrogen-bond acceptors (Lipinski definition) is 5. The lowest BCUT2D eigenvalue weighted by Gasteiger charge is -2.36. The van der Waals surface area contributed by atoms with E-state index in [1.165, 1.54) is 17.5 Å². The molecular weight excluding hydrogens is 388 g/mol. The van der Waals surface area contributed by atoms with Gasteiger partial charge in [-0.1, -0.05) is 6.07 Å². The third-order valence-corrected chi connectivity index (χ3v) is 6.50. The maximum atomic E-state index is 12.7. The van der Waals surface area contributed by atoms with Crippen LogP contribution in [-0.4, -0.2) is 54.6 Å². The number of piperazine rings is 1. The van der Waals surface area contributed by atoms with E-state index < -0.39 is 0 Å². The van der Waals surface area contributed by atoms with Crippen LogP contribution in [0.15, 0.2) is 47.2 Å². The van der Waals surface area contributed by atoms with Gasteiger partial charge < -0.3 is 14.6 Å². The number of nitrogens with one attached hydrogen (secondary N) is 1. The fourth-order valence-corrected chi connectivity index (χ4v) is 4.92. The highest BCUT2D eigenvalue weighted by Crippen LogP contribution is 2.30. The lowest BCUT2D eigenvalue weighted by atomic mass is 10.0. The standard InChI is InChI=1S/C25H30N4O2/c1-18(16-28-9-11-29(12-10-28)24-7-2-3-8-26-24)27-25(30)15-21-17-31-23-14-20-6-4-5-19(20)13-22(21)23/h2-3,7-8,13-14,17-18H,4-6,9-12,15-16H2,1H3,(H,27,30). The molecule has 2 aliphatic rings. The van der Waals surface area contributed by atoms with E-state index in [2.05, 4.69) is 45.2 Å². The largest absolute Gasteiger partial charge is 0.464 e.